The van der Waals surface area contributed by atoms with Crippen LogP contribution in [0, 0.1) is 11.3 Å². The van der Waals surface area contributed by atoms with Crippen LogP contribution in [0.2, 0.25) is 0 Å². The molecule has 0 aromatic heterocycles. The molecule has 96 valence electrons. The summed E-state index contributed by atoms with van der Waals surface area (Å²) >= 11 is 0. The van der Waals surface area contributed by atoms with Gasteiger partial charge in [0.2, 0.25) is 10.0 Å². The maximum Gasteiger partial charge on any atom is 0.243 e. The highest BCUT2D eigenvalue weighted by Crippen LogP contribution is 2.20. The van der Waals surface area contributed by atoms with E-state index in [4.69, 9.17) is 11.0 Å². The van der Waals surface area contributed by atoms with Gasteiger partial charge in [-0.05, 0) is 31.0 Å². The molecule has 1 saturated heterocycles. The first-order valence-electron chi connectivity index (χ1n) is 5.80. The zero-order valence-electron chi connectivity index (χ0n) is 9.91. The Morgan fingerprint density at radius 2 is 2.22 bits per heavy atom. The van der Waals surface area contributed by atoms with Gasteiger partial charge in [-0.1, -0.05) is 6.07 Å². The van der Waals surface area contributed by atoms with E-state index in [1.165, 1.54) is 16.4 Å². The number of piperidine rings is 1. The predicted octanol–water partition coefficient (Wildman–Crippen LogP) is 0.670. The van der Waals surface area contributed by atoms with Gasteiger partial charge in [0.05, 0.1) is 16.5 Å². The molecule has 5 nitrogen and oxygen atoms in total. The quantitative estimate of drug-likeness (QED) is 0.851. The van der Waals surface area contributed by atoms with E-state index in [0.29, 0.717) is 18.7 Å². The van der Waals surface area contributed by atoms with Crippen molar-refractivity contribution in [2.24, 2.45) is 5.73 Å². The Morgan fingerprint density at radius 1 is 1.44 bits per heavy atom. The minimum atomic E-state index is -3.53. The number of hydrogen-bond acceptors (Lipinski definition) is 4. The number of sulfonamides is 1. The second-order valence-corrected chi connectivity index (χ2v) is 6.34. The Bertz CT molecular complexity index is 577. The monoisotopic (exact) mass is 265 g/mol. The third-order valence-corrected chi connectivity index (χ3v) is 4.88. The van der Waals surface area contributed by atoms with Gasteiger partial charge < -0.3 is 5.73 Å². The molecule has 1 aromatic rings. The molecule has 18 heavy (non-hydrogen) atoms. The molecule has 0 aliphatic carbocycles. The molecule has 1 aromatic carbocycles. The highest BCUT2D eigenvalue weighted by atomic mass is 32.2. The Balaban J connectivity index is 2.33. The molecule has 0 saturated carbocycles. The van der Waals surface area contributed by atoms with Crippen LogP contribution in [0.15, 0.2) is 29.2 Å². The average molecular weight is 265 g/mol. The summed E-state index contributed by atoms with van der Waals surface area (Å²) in [5.41, 5.74) is 6.14. The molecule has 1 aliphatic rings. The standard InChI is InChI=1S/C12H15N3O2S/c13-8-10-3-1-5-12(7-10)18(16,17)15-6-2-4-11(14)9-15/h1,3,5,7,11H,2,4,6,9,14H2. The lowest BCUT2D eigenvalue weighted by molar-refractivity contribution is 0.316. The van der Waals surface area contributed by atoms with Crippen molar-refractivity contribution in [1.29, 1.82) is 5.26 Å². The van der Waals surface area contributed by atoms with Gasteiger partial charge in [0.1, 0.15) is 0 Å². The first kappa shape index (κ1) is 13.0. The highest BCUT2D eigenvalue weighted by Gasteiger charge is 2.28. The molecule has 0 amide bonds. The molecule has 1 heterocycles. The zero-order valence-corrected chi connectivity index (χ0v) is 10.7. The van der Waals surface area contributed by atoms with E-state index in [9.17, 15) is 8.42 Å². The number of rotatable bonds is 2. The van der Waals surface area contributed by atoms with Gasteiger partial charge in [0.25, 0.3) is 0 Å². The van der Waals surface area contributed by atoms with Crippen LogP contribution in [0.1, 0.15) is 18.4 Å². The maximum absolute atomic E-state index is 12.4. The van der Waals surface area contributed by atoms with Crippen LogP contribution in [0.4, 0.5) is 0 Å². The van der Waals surface area contributed by atoms with E-state index in [-0.39, 0.29) is 10.9 Å². The van der Waals surface area contributed by atoms with Crippen molar-refractivity contribution >= 4 is 10.0 Å². The van der Waals surface area contributed by atoms with Crippen molar-refractivity contribution < 1.29 is 8.42 Å². The van der Waals surface area contributed by atoms with Crippen LogP contribution in [-0.4, -0.2) is 31.9 Å². The summed E-state index contributed by atoms with van der Waals surface area (Å²) in [7, 11) is -3.53. The lowest BCUT2D eigenvalue weighted by Gasteiger charge is -2.29. The highest BCUT2D eigenvalue weighted by molar-refractivity contribution is 7.89. The molecule has 0 spiro atoms. The van der Waals surface area contributed by atoms with Crippen LogP contribution in [0.25, 0.3) is 0 Å². The van der Waals surface area contributed by atoms with E-state index >= 15 is 0 Å². The summed E-state index contributed by atoms with van der Waals surface area (Å²) in [6.45, 7) is 0.839. The van der Waals surface area contributed by atoms with E-state index in [0.717, 1.165) is 12.8 Å². The van der Waals surface area contributed by atoms with Crippen molar-refractivity contribution in [2.75, 3.05) is 13.1 Å². The van der Waals surface area contributed by atoms with Gasteiger partial charge in [-0.2, -0.15) is 9.57 Å². The van der Waals surface area contributed by atoms with Crippen molar-refractivity contribution in [3.63, 3.8) is 0 Å². The van der Waals surface area contributed by atoms with E-state index < -0.39 is 10.0 Å². The number of nitriles is 1. The first-order valence-corrected chi connectivity index (χ1v) is 7.24. The van der Waals surface area contributed by atoms with E-state index in [2.05, 4.69) is 0 Å². The molecule has 6 heteroatoms. The summed E-state index contributed by atoms with van der Waals surface area (Å²) in [4.78, 5) is 0.163. The lowest BCUT2D eigenvalue weighted by atomic mass is 10.1. The van der Waals surface area contributed by atoms with Crippen LogP contribution in [0.5, 0.6) is 0 Å². The number of hydrogen-bond donors (Lipinski definition) is 1. The van der Waals surface area contributed by atoms with Gasteiger partial charge >= 0.3 is 0 Å². The van der Waals surface area contributed by atoms with E-state index in [1.54, 1.807) is 12.1 Å². The molecule has 0 radical (unpaired) electrons. The van der Waals surface area contributed by atoms with Crippen LogP contribution < -0.4 is 5.73 Å². The fraction of sp³-hybridized carbons (Fsp3) is 0.417. The molecule has 1 fully saturated rings. The summed E-state index contributed by atoms with van der Waals surface area (Å²) < 4.78 is 26.1. The van der Waals surface area contributed by atoms with Gasteiger partial charge in [-0.25, -0.2) is 8.42 Å². The summed E-state index contributed by atoms with van der Waals surface area (Å²) in [5.74, 6) is 0. The molecule has 1 atom stereocenters. The van der Waals surface area contributed by atoms with Gasteiger partial charge in [0, 0.05) is 19.1 Å². The zero-order chi connectivity index (χ0) is 13.2. The number of nitrogens with two attached hydrogens (primary N) is 1. The first-order chi connectivity index (χ1) is 8.54. The van der Waals surface area contributed by atoms with Crippen molar-refractivity contribution in [3.05, 3.63) is 29.8 Å². The van der Waals surface area contributed by atoms with Crippen LogP contribution in [0.3, 0.4) is 0 Å². The second-order valence-electron chi connectivity index (χ2n) is 4.40. The molecular formula is C12H15N3O2S. The maximum atomic E-state index is 12.4. The van der Waals surface area contributed by atoms with Gasteiger partial charge in [0.15, 0.2) is 0 Å². The summed E-state index contributed by atoms with van der Waals surface area (Å²) in [6.07, 6.45) is 1.63. The topological polar surface area (TPSA) is 87.2 Å². The smallest absolute Gasteiger partial charge is 0.243 e. The number of benzene rings is 1. The van der Waals surface area contributed by atoms with Crippen LogP contribution >= 0.6 is 0 Å². The number of nitrogens with zero attached hydrogens (tertiary/aromatic N) is 2. The van der Waals surface area contributed by atoms with Crippen LogP contribution in [-0.2, 0) is 10.0 Å². The second kappa shape index (κ2) is 5.06. The van der Waals surface area contributed by atoms with Crippen molar-refractivity contribution in [1.82, 2.24) is 4.31 Å². The third-order valence-electron chi connectivity index (χ3n) is 3.02. The van der Waals surface area contributed by atoms with Crippen molar-refractivity contribution in [3.8, 4) is 6.07 Å². The minimum absolute atomic E-state index is 0.104. The molecule has 2 N–H and O–H groups in total. The molecule has 2 rings (SSSR count). The lowest BCUT2D eigenvalue weighted by Crippen LogP contribution is -2.45. The predicted molar refractivity (Wildman–Crippen MR) is 67.1 cm³/mol. The Morgan fingerprint density at radius 3 is 2.89 bits per heavy atom. The Labute approximate surface area is 107 Å². The fourth-order valence-corrected chi connectivity index (χ4v) is 3.65. The molecule has 1 aliphatic heterocycles. The van der Waals surface area contributed by atoms with Gasteiger partial charge in [-0.15, -0.1) is 0 Å². The minimum Gasteiger partial charge on any atom is -0.327 e. The summed E-state index contributed by atoms with van der Waals surface area (Å²) in [6, 6.07) is 7.91. The third kappa shape index (κ3) is 2.53. The average Bonchev–Trinajstić information content (AvgIpc) is 2.39. The summed E-state index contributed by atoms with van der Waals surface area (Å²) in [5, 5.41) is 8.80. The van der Waals surface area contributed by atoms with Crippen molar-refractivity contribution in [2.45, 2.75) is 23.8 Å². The van der Waals surface area contributed by atoms with E-state index in [1.807, 2.05) is 6.07 Å². The SMILES string of the molecule is N#Cc1cccc(S(=O)(=O)N2CCCC(N)C2)c1. The molecule has 1 unspecified atom stereocenters. The fourth-order valence-electron chi connectivity index (χ4n) is 2.07. The Kier molecular flexibility index (Phi) is 3.66. The molecule has 0 bridgehead atoms. The Hall–Kier alpha value is -1.42. The normalized spacial score (nSPS) is 21.4. The molecular weight excluding hydrogens is 250 g/mol. The van der Waals surface area contributed by atoms with Gasteiger partial charge in [-0.3, -0.25) is 0 Å². The largest absolute Gasteiger partial charge is 0.327 e.